The van der Waals surface area contributed by atoms with Crippen LogP contribution >= 0.6 is 0 Å². The van der Waals surface area contributed by atoms with Gasteiger partial charge in [0.05, 0.1) is 12.2 Å². The molecule has 0 bridgehead atoms. The number of hydrogen-bond donors (Lipinski definition) is 0. The Balaban J connectivity index is 1.67. The van der Waals surface area contributed by atoms with Gasteiger partial charge in [0.15, 0.2) is 0 Å². The summed E-state index contributed by atoms with van der Waals surface area (Å²) in [5.41, 5.74) is 6.03. The molecule has 0 aliphatic rings. The maximum absolute atomic E-state index is 13.1. The zero-order chi connectivity index (χ0) is 19.3. The molecule has 3 nitrogen and oxygen atoms in total. The highest BCUT2D eigenvalue weighted by molar-refractivity contribution is 5.88. The second kappa shape index (κ2) is 8.01. The molecule has 0 amide bonds. The number of aryl methyl sites for hydroxylation is 1. The van der Waals surface area contributed by atoms with Crippen molar-refractivity contribution in [2.24, 2.45) is 4.99 Å². The van der Waals surface area contributed by atoms with Crippen LogP contribution in [0.3, 0.4) is 0 Å². The van der Waals surface area contributed by atoms with E-state index >= 15 is 0 Å². The van der Waals surface area contributed by atoms with E-state index in [2.05, 4.69) is 36.2 Å². The van der Waals surface area contributed by atoms with Crippen LogP contribution in [0.25, 0.3) is 16.9 Å². The molecule has 1 aromatic heterocycles. The molecule has 4 heteroatoms. The summed E-state index contributed by atoms with van der Waals surface area (Å²) in [6, 6.07) is 24.7. The average molecular weight is 369 g/mol. The Hall–Kier alpha value is -3.53. The molecule has 0 unspecified atom stereocenters. The van der Waals surface area contributed by atoms with Gasteiger partial charge in [-0.2, -0.15) is 5.10 Å². The zero-order valence-electron chi connectivity index (χ0n) is 15.6. The van der Waals surface area contributed by atoms with E-state index in [1.165, 1.54) is 17.7 Å². The molecular formula is C24H20FN3. The lowest BCUT2D eigenvalue weighted by molar-refractivity contribution is 0.627. The van der Waals surface area contributed by atoms with Gasteiger partial charge in [0, 0.05) is 23.5 Å². The van der Waals surface area contributed by atoms with Gasteiger partial charge in [-0.05, 0) is 36.8 Å². The highest BCUT2D eigenvalue weighted by Crippen LogP contribution is 2.23. The fourth-order valence-electron chi connectivity index (χ4n) is 2.97. The first-order valence-electron chi connectivity index (χ1n) is 9.15. The van der Waals surface area contributed by atoms with Gasteiger partial charge >= 0.3 is 0 Å². The Kier molecular flexibility index (Phi) is 5.11. The van der Waals surface area contributed by atoms with Crippen molar-refractivity contribution >= 4 is 6.21 Å². The number of rotatable bonds is 5. The van der Waals surface area contributed by atoms with E-state index in [1.807, 2.05) is 47.4 Å². The van der Waals surface area contributed by atoms with Crippen LogP contribution in [0.4, 0.5) is 4.39 Å². The van der Waals surface area contributed by atoms with Gasteiger partial charge in [-0.3, -0.25) is 4.99 Å². The highest BCUT2D eigenvalue weighted by Gasteiger charge is 2.11. The van der Waals surface area contributed by atoms with Crippen molar-refractivity contribution in [3.63, 3.8) is 0 Å². The highest BCUT2D eigenvalue weighted by atomic mass is 19.1. The lowest BCUT2D eigenvalue weighted by atomic mass is 10.1. The van der Waals surface area contributed by atoms with Crippen molar-refractivity contribution in [2.45, 2.75) is 13.5 Å². The summed E-state index contributed by atoms with van der Waals surface area (Å²) < 4.78 is 14.9. The van der Waals surface area contributed by atoms with Crippen LogP contribution < -0.4 is 0 Å². The Morgan fingerprint density at radius 2 is 1.64 bits per heavy atom. The molecule has 0 fully saturated rings. The van der Waals surface area contributed by atoms with E-state index in [1.54, 1.807) is 12.1 Å². The van der Waals surface area contributed by atoms with Gasteiger partial charge in [0.2, 0.25) is 0 Å². The minimum Gasteiger partial charge on any atom is -0.288 e. The van der Waals surface area contributed by atoms with Gasteiger partial charge < -0.3 is 0 Å². The topological polar surface area (TPSA) is 30.2 Å². The van der Waals surface area contributed by atoms with Gasteiger partial charge in [-0.25, -0.2) is 9.07 Å². The Morgan fingerprint density at radius 1 is 0.929 bits per heavy atom. The molecule has 0 radical (unpaired) electrons. The largest absolute Gasteiger partial charge is 0.288 e. The number of nitrogens with zero attached hydrogens (tertiary/aromatic N) is 3. The second-order valence-corrected chi connectivity index (χ2v) is 6.68. The number of benzene rings is 3. The molecule has 0 aliphatic carbocycles. The summed E-state index contributed by atoms with van der Waals surface area (Å²) in [5, 5.41) is 4.79. The SMILES string of the molecule is Cc1ccc(-c2nn(-c3ccccc3)cc2C=NCc2ccc(F)cc2)cc1. The molecule has 28 heavy (non-hydrogen) atoms. The predicted octanol–water partition coefficient (Wildman–Crippen LogP) is 5.61. The minimum atomic E-state index is -0.237. The number of para-hydroxylation sites is 1. The van der Waals surface area contributed by atoms with Crippen molar-refractivity contribution in [1.82, 2.24) is 9.78 Å². The van der Waals surface area contributed by atoms with Gasteiger partial charge in [-0.1, -0.05) is 60.2 Å². The summed E-state index contributed by atoms with van der Waals surface area (Å²) in [6.07, 6.45) is 3.82. The number of aromatic nitrogens is 2. The predicted molar refractivity (Wildman–Crippen MR) is 111 cm³/mol. The van der Waals surface area contributed by atoms with Crippen LogP contribution in [0.15, 0.2) is 90.1 Å². The van der Waals surface area contributed by atoms with E-state index in [0.29, 0.717) is 6.54 Å². The Labute approximate surface area is 163 Å². The molecule has 0 saturated carbocycles. The summed E-state index contributed by atoms with van der Waals surface area (Å²) in [7, 11) is 0. The summed E-state index contributed by atoms with van der Waals surface area (Å²) in [5.74, 6) is -0.237. The van der Waals surface area contributed by atoms with Crippen LogP contribution in [-0.4, -0.2) is 16.0 Å². The summed E-state index contributed by atoms with van der Waals surface area (Å²) in [4.78, 5) is 4.55. The van der Waals surface area contributed by atoms with Crippen molar-refractivity contribution in [3.05, 3.63) is 108 Å². The third kappa shape index (κ3) is 4.07. The van der Waals surface area contributed by atoms with E-state index in [4.69, 9.17) is 5.10 Å². The van der Waals surface area contributed by atoms with E-state index in [-0.39, 0.29) is 5.82 Å². The van der Waals surface area contributed by atoms with E-state index in [0.717, 1.165) is 28.1 Å². The molecule has 0 atom stereocenters. The third-order valence-electron chi connectivity index (χ3n) is 4.51. The molecule has 0 spiro atoms. The van der Waals surface area contributed by atoms with Crippen molar-refractivity contribution < 1.29 is 4.39 Å². The standard InChI is InChI=1S/C24H20FN3/c1-18-7-11-20(12-8-18)24-21(16-26-15-19-9-13-22(25)14-10-19)17-28(27-24)23-5-3-2-4-6-23/h2-14,16-17H,15H2,1H3. The third-order valence-corrected chi connectivity index (χ3v) is 4.51. The first kappa shape index (κ1) is 17.9. The van der Waals surface area contributed by atoms with Crippen LogP contribution in [-0.2, 0) is 6.54 Å². The smallest absolute Gasteiger partial charge is 0.123 e. The lowest BCUT2D eigenvalue weighted by Gasteiger charge is -2.01. The maximum atomic E-state index is 13.1. The van der Waals surface area contributed by atoms with Crippen molar-refractivity contribution in [3.8, 4) is 16.9 Å². The molecule has 3 aromatic carbocycles. The van der Waals surface area contributed by atoms with E-state index in [9.17, 15) is 4.39 Å². The number of aliphatic imine (C=N–C) groups is 1. The Morgan fingerprint density at radius 3 is 2.36 bits per heavy atom. The molecule has 4 aromatic rings. The van der Waals surface area contributed by atoms with Gasteiger partial charge in [0.1, 0.15) is 11.5 Å². The summed E-state index contributed by atoms with van der Waals surface area (Å²) >= 11 is 0. The molecule has 0 N–H and O–H groups in total. The monoisotopic (exact) mass is 369 g/mol. The Bertz CT molecular complexity index is 1080. The van der Waals surface area contributed by atoms with Crippen molar-refractivity contribution in [2.75, 3.05) is 0 Å². The van der Waals surface area contributed by atoms with E-state index < -0.39 is 0 Å². The normalized spacial score (nSPS) is 11.2. The minimum absolute atomic E-state index is 0.237. The van der Waals surface area contributed by atoms with Crippen LogP contribution in [0.1, 0.15) is 16.7 Å². The molecule has 0 aliphatic heterocycles. The molecular weight excluding hydrogens is 349 g/mol. The second-order valence-electron chi connectivity index (χ2n) is 6.68. The first-order valence-corrected chi connectivity index (χ1v) is 9.15. The molecule has 4 rings (SSSR count). The number of halogens is 1. The van der Waals surface area contributed by atoms with Gasteiger partial charge in [0.25, 0.3) is 0 Å². The molecule has 138 valence electrons. The van der Waals surface area contributed by atoms with Crippen molar-refractivity contribution in [1.29, 1.82) is 0 Å². The van der Waals surface area contributed by atoms with Crippen LogP contribution in [0.5, 0.6) is 0 Å². The molecule has 0 saturated heterocycles. The van der Waals surface area contributed by atoms with Gasteiger partial charge in [-0.15, -0.1) is 0 Å². The average Bonchev–Trinajstić information content (AvgIpc) is 3.15. The fourth-order valence-corrected chi connectivity index (χ4v) is 2.97. The van der Waals surface area contributed by atoms with Crippen LogP contribution in [0, 0.1) is 12.7 Å². The lowest BCUT2D eigenvalue weighted by Crippen LogP contribution is -1.93. The number of hydrogen-bond acceptors (Lipinski definition) is 2. The quantitative estimate of drug-likeness (QED) is 0.421. The maximum Gasteiger partial charge on any atom is 0.123 e. The first-order chi connectivity index (χ1) is 13.7. The fraction of sp³-hybridized carbons (Fsp3) is 0.0833. The zero-order valence-corrected chi connectivity index (χ0v) is 15.6. The summed E-state index contributed by atoms with van der Waals surface area (Å²) in [6.45, 7) is 2.56. The molecule has 1 heterocycles. The van der Waals surface area contributed by atoms with Crippen LogP contribution in [0.2, 0.25) is 0 Å².